The summed E-state index contributed by atoms with van der Waals surface area (Å²) >= 11 is 0. The van der Waals surface area contributed by atoms with Gasteiger partial charge in [0.1, 0.15) is 11.4 Å². The van der Waals surface area contributed by atoms with E-state index in [1.807, 2.05) is 12.1 Å². The highest BCUT2D eigenvalue weighted by atomic mass is 32.2. The van der Waals surface area contributed by atoms with Crippen LogP contribution in [0.25, 0.3) is 0 Å². The van der Waals surface area contributed by atoms with Gasteiger partial charge in [0.25, 0.3) is 15.9 Å². The molecule has 0 aliphatic carbocycles. The molecule has 2 aromatic rings. The Balaban J connectivity index is 1.82. The van der Waals surface area contributed by atoms with Gasteiger partial charge in [-0.25, -0.2) is 12.7 Å². The maximum Gasteiger partial charge on any atom is 0.269 e. The maximum atomic E-state index is 12.8. The molecule has 0 atom stereocenters. The van der Waals surface area contributed by atoms with Crippen molar-refractivity contribution in [2.45, 2.75) is 24.7 Å². The van der Waals surface area contributed by atoms with Crippen molar-refractivity contribution in [2.75, 3.05) is 26.1 Å². The number of ether oxygens (including phenoxy) is 2. The Kier molecular flexibility index (Phi) is 5.52. The van der Waals surface area contributed by atoms with Crippen LogP contribution >= 0.6 is 0 Å². The zero-order chi connectivity index (χ0) is 21.3. The molecule has 0 saturated heterocycles. The van der Waals surface area contributed by atoms with Gasteiger partial charge >= 0.3 is 0 Å². The van der Waals surface area contributed by atoms with Gasteiger partial charge in [-0.1, -0.05) is 26.0 Å². The lowest BCUT2D eigenvalue weighted by Crippen LogP contribution is -2.37. The minimum absolute atomic E-state index is 0.0586. The molecule has 8 nitrogen and oxygen atoms in total. The van der Waals surface area contributed by atoms with Crippen LogP contribution in [0.15, 0.2) is 41.3 Å². The van der Waals surface area contributed by atoms with Crippen molar-refractivity contribution in [1.82, 2.24) is 4.31 Å². The lowest BCUT2D eigenvalue weighted by atomic mass is 10.0. The van der Waals surface area contributed by atoms with E-state index >= 15 is 0 Å². The van der Waals surface area contributed by atoms with Crippen LogP contribution in [0.2, 0.25) is 0 Å². The van der Waals surface area contributed by atoms with Crippen molar-refractivity contribution in [3.63, 3.8) is 0 Å². The molecule has 0 saturated carbocycles. The number of anilines is 1. The fourth-order valence-corrected chi connectivity index (χ4v) is 4.56. The van der Waals surface area contributed by atoms with Gasteiger partial charge in [-0.15, -0.1) is 0 Å². The van der Waals surface area contributed by atoms with E-state index in [4.69, 9.17) is 9.47 Å². The highest BCUT2D eigenvalue weighted by Gasteiger charge is 2.43. The van der Waals surface area contributed by atoms with E-state index in [-0.39, 0.29) is 22.0 Å². The molecule has 0 bridgehead atoms. The van der Waals surface area contributed by atoms with E-state index in [2.05, 4.69) is 19.2 Å². The van der Waals surface area contributed by atoms with Gasteiger partial charge in [0, 0.05) is 11.8 Å². The largest absolute Gasteiger partial charge is 0.493 e. The number of methoxy groups -OCH3 is 2. The fraction of sp³-hybridized carbons (Fsp3) is 0.300. The quantitative estimate of drug-likeness (QED) is 0.774. The molecule has 3 rings (SSSR count). The third kappa shape index (κ3) is 3.77. The van der Waals surface area contributed by atoms with Crippen molar-refractivity contribution in [2.24, 2.45) is 0 Å². The van der Waals surface area contributed by atoms with Gasteiger partial charge in [0.2, 0.25) is 5.91 Å². The van der Waals surface area contributed by atoms with Crippen LogP contribution in [0.1, 0.15) is 35.7 Å². The minimum atomic E-state index is -4.17. The van der Waals surface area contributed by atoms with Crippen molar-refractivity contribution in [1.29, 1.82) is 0 Å². The first kappa shape index (κ1) is 20.7. The van der Waals surface area contributed by atoms with Crippen LogP contribution in [0.4, 0.5) is 5.69 Å². The predicted molar refractivity (Wildman–Crippen MR) is 107 cm³/mol. The third-order valence-corrected chi connectivity index (χ3v) is 6.43. The SMILES string of the molecule is COc1cc2c(cc1OC)S(=O)(=O)N(CC(=O)Nc1ccc(C(C)C)cc1)C2=O. The van der Waals surface area contributed by atoms with Gasteiger partial charge in [0.05, 0.1) is 19.8 Å². The number of benzene rings is 2. The highest BCUT2D eigenvalue weighted by Crippen LogP contribution is 2.38. The minimum Gasteiger partial charge on any atom is -0.493 e. The number of nitrogens with zero attached hydrogens (tertiary/aromatic N) is 1. The number of sulfonamides is 1. The number of nitrogens with one attached hydrogen (secondary N) is 1. The number of carbonyl (C=O) groups is 2. The maximum absolute atomic E-state index is 12.8. The Morgan fingerprint density at radius 2 is 1.66 bits per heavy atom. The van der Waals surface area contributed by atoms with Crippen LogP contribution in [-0.4, -0.2) is 45.3 Å². The van der Waals surface area contributed by atoms with Crippen LogP contribution in [0.5, 0.6) is 11.5 Å². The van der Waals surface area contributed by atoms with Crippen molar-refractivity contribution in [3.05, 3.63) is 47.5 Å². The third-order valence-electron chi connectivity index (χ3n) is 4.66. The Hall–Kier alpha value is -3.07. The second-order valence-electron chi connectivity index (χ2n) is 6.85. The first-order valence-corrected chi connectivity index (χ1v) is 10.4. The number of amides is 2. The normalized spacial score (nSPS) is 14.7. The van der Waals surface area contributed by atoms with E-state index in [1.165, 1.54) is 26.4 Å². The summed E-state index contributed by atoms with van der Waals surface area (Å²) in [5, 5.41) is 2.62. The molecule has 1 N–H and O–H groups in total. The Morgan fingerprint density at radius 1 is 1.07 bits per heavy atom. The topological polar surface area (TPSA) is 102 Å². The molecular formula is C20H22N2O6S. The van der Waals surface area contributed by atoms with Gasteiger partial charge in [-0.3, -0.25) is 9.59 Å². The lowest BCUT2D eigenvalue weighted by Gasteiger charge is -2.15. The van der Waals surface area contributed by atoms with Crippen molar-refractivity contribution >= 4 is 27.5 Å². The number of hydrogen-bond acceptors (Lipinski definition) is 6. The summed E-state index contributed by atoms with van der Waals surface area (Å²) in [6.45, 7) is 3.48. The summed E-state index contributed by atoms with van der Waals surface area (Å²) in [5.41, 5.74) is 1.57. The van der Waals surface area contributed by atoms with E-state index in [0.29, 0.717) is 15.9 Å². The molecular weight excluding hydrogens is 396 g/mol. The summed E-state index contributed by atoms with van der Waals surface area (Å²) < 4.78 is 36.4. The zero-order valence-electron chi connectivity index (χ0n) is 16.6. The number of fused-ring (bicyclic) bond motifs is 1. The van der Waals surface area contributed by atoms with E-state index in [9.17, 15) is 18.0 Å². The van der Waals surface area contributed by atoms with Gasteiger partial charge in [0.15, 0.2) is 11.5 Å². The summed E-state index contributed by atoms with van der Waals surface area (Å²) in [5.74, 6) is -0.651. The first-order chi connectivity index (χ1) is 13.7. The van der Waals surface area contributed by atoms with Gasteiger partial charge in [-0.05, 0) is 29.7 Å². The molecule has 1 aliphatic rings. The molecule has 154 valence electrons. The number of hydrogen-bond donors (Lipinski definition) is 1. The molecule has 0 fully saturated rings. The zero-order valence-corrected chi connectivity index (χ0v) is 17.4. The molecule has 0 radical (unpaired) electrons. The molecule has 1 aliphatic heterocycles. The summed E-state index contributed by atoms with van der Waals surface area (Å²) in [4.78, 5) is 24.8. The Morgan fingerprint density at radius 3 is 2.21 bits per heavy atom. The van der Waals surface area contributed by atoms with E-state index in [1.54, 1.807) is 12.1 Å². The molecule has 0 aromatic heterocycles. The highest BCUT2D eigenvalue weighted by molar-refractivity contribution is 7.90. The van der Waals surface area contributed by atoms with Crippen LogP contribution in [0, 0.1) is 0 Å². The average Bonchev–Trinajstić information content (AvgIpc) is 2.87. The molecule has 29 heavy (non-hydrogen) atoms. The second kappa shape index (κ2) is 7.75. The summed E-state index contributed by atoms with van der Waals surface area (Å²) in [6, 6.07) is 9.76. The average molecular weight is 418 g/mol. The fourth-order valence-electron chi connectivity index (χ4n) is 3.04. The molecule has 1 heterocycles. The van der Waals surface area contributed by atoms with Crippen LogP contribution in [0.3, 0.4) is 0 Å². The predicted octanol–water partition coefficient (Wildman–Crippen LogP) is 2.61. The van der Waals surface area contributed by atoms with Crippen LogP contribution in [-0.2, 0) is 14.8 Å². The number of carbonyl (C=O) groups excluding carboxylic acids is 2. The van der Waals surface area contributed by atoms with Gasteiger partial charge in [-0.2, -0.15) is 0 Å². The van der Waals surface area contributed by atoms with Crippen molar-refractivity contribution in [3.8, 4) is 11.5 Å². The Labute approximate surface area is 169 Å². The van der Waals surface area contributed by atoms with E-state index < -0.39 is 28.4 Å². The lowest BCUT2D eigenvalue weighted by molar-refractivity contribution is -0.116. The molecule has 2 amide bonds. The second-order valence-corrected chi connectivity index (χ2v) is 8.68. The standard InChI is InChI=1S/C20H22N2O6S/c1-12(2)13-5-7-14(8-6-13)21-19(23)11-22-20(24)15-9-16(27-3)17(28-4)10-18(15)29(22,25)26/h5-10,12H,11H2,1-4H3,(H,21,23). The number of rotatable bonds is 6. The smallest absolute Gasteiger partial charge is 0.269 e. The monoisotopic (exact) mass is 418 g/mol. The molecule has 2 aromatic carbocycles. The van der Waals surface area contributed by atoms with Crippen molar-refractivity contribution < 1.29 is 27.5 Å². The molecule has 0 spiro atoms. The molecule has 0 unspecified atom stereocenters. The van der Waals surface area contributed by atoms with Gasteiger partial charge < -0.3 is 14.8 Å². The summed E-state index contributed by atoms with van der Waals surface area (Å²) in [7, 11) is -1.42. The van der Waals surface area contributed by atoms with Crippen LogP contribution < -0.4 is 14.8 Å². The molecule has 9 heteroatoms. The Bertz CT molecular complexity index is 1060. The summed E-state index contributed by atoms with van der Waals surface area (Å²) in [6.07, 6.45) is 0. The van der Waals surface area contributed by atoms with E-state index in [0.717, 1.165) is 5.56 Å². The first-order valence-electron chi connectivity index (χ1n) is 8.92.